The molecule has 0 unspecified atom stereocenters. The van der Waals surface area contributed by atoms with Crippen molar-refractivity contribution in [1.82, 2.24) is 0 Å². The average molecular weight is 531 g/mol. The monoisotopic (exact) mass is 530 g/mol. The lowest BCUT2D eigenvalue weighted by Gasteiger charge is -2.24. The number of hydrogen-bond donors (Lipinski definition) is 0. The molecular formula is C19HClF14. The molecule has 0 heterocycles. The highest BCUT2D eigenvalue weighted by molar-refractivity contribution is 6.30. The molecule has 0 N–H and O–H groups in total. The molecular weight excluding hydrogens is 530 g/mol. The summed E-state index contributed by atoms with van der Waals surface area (Å²) in [6, 6.07) is 0. The van der Waals surface area contributed by atoms with Gasteiger partial charge in [0.1, 0.15) is 5.02 Å². The lowest BCUT2D eigenvalue weighted by atomic mass is 9.82. The first kappa shape index (κ1) is 25.6. The van der Waals surface area contributed by atoms with Gasteiger partial charge in [0.05, 0.1) is 5.92 Å². The van der Waals surface area contributed by atoms with Gasteiger partial charge < -0.3 is 0 Å². The van der Waals surface area contributed by atoms with Crippen LogP contribution in [-0.2, 0) is 0 Å². The maximum atomic E-state index is 14.5. The Hall–Kier alpha value is -3.03. The molecule has 0 saturated carbocycles. The van der Waals surface area contributed by atoms with E-state index in [2.05, 4.69) is 0 Å². The summed E-state index contributed by atoms with van der Waals surface area (Å²) in [5.41, 5.74) is -7.72. The van der Waals surface area contributed by atoms with Gasteiger partial charge in [-0.3, -0.25) is 0 Å². The maximum absolute atomic E-state index is 14.5. The molecule has 3 rings (SSSR count). The van der Waals surface area contributed by atoms with Crippen LogP contribution in [0.2, 0.25) is 5.02 Å². The second-order valence-corrected chi connectivity index (χ2v) is 6.76. The number of hydrogen-bond acceptors (Lipinski definition) is 0. The van der Waals surface area contributed by atoms with Gasteiger partial charge >= 0.3 is 0 Å². The average Bonchev–Trinajstić information content (AvgIpc) is 2.81. The van der Waals surface area contributed by atoms with Gasteiger partial charge in [-0.2, -0.15) is 0 Å². The van der Waals surface area contributed by atoms with Crippen molar-refractivity contribution in [3.05, 3.63) is 103 Å². The van der Waals surface area contributed by atoms with Crippen LogP contribution >= 0.6 is 11.6 Å². The van der Waals surface area contributed by atoms with Crippen molar-refractivity contribution in [1.29, 1.82) is 0 Å². The van der Waals surface area contributed by atoms with Gasteiger partial charge in [0, 0.05) is 16.7 Å². The second-order valence-electron chi connectivity index (χ2n) is 6.38. The first-order valence-electron chi connectivity index (χ1n) is 8.20. The van der Waals surface area contributed by atoms with Crippen LogP contribution < -0.4 is 0 Å². The summed E-state index contributed by atoms with van der Waals surface area (Å²) in [4.78, 5) is 0. The van der Waals surface area contributed by atoms with Gasteiger partial charge in [0.15, 0.2) is 69.8 Å². The van der Waals surface area contributed by atoms with E-state index in [1.807, 2.05) is 0 Å². The van der Waals surface area contributed by atoms with Crippen LogP contribution in [0.4, 0.5) is 61.5 Å². The zero-order valence-electron chi connectivity index (χ0n) is 15.2. The van der Waals surface area contributed by atoms with Crippen molar-refractivity contribution >= 4 is 11.6 Å². The first-order valence-corrected chi connectivity index (χ1v) is 8.58. The van der Waals surface area contributed by atoms with E-state index in [0.29, 0.717) is 0 Å². The molecule has 0 bridgehead atoms. The quantitative estimate of drug-likeness (QED) is 0.143. The maximum Gasteiger partial charge on any atom is 0.200 e. The third kappa shape index (κ3) is 3.46. The molecule has 0 saturated heterocycles. The number of rotatable bonds is 3. The largest absolute Gasteiger partial charge is 0.203 e. The zero-order chi connectivity index (χ0) is 26.0. The van der Waals surface area contributed by atoms with Gasteiger partial charge in [0.25, 0.3) is 0 Å². The van der Waals surface area contributed by atoms with E-state index in [1.165, 1.54) is 0 Å². The van der Waals surface area contributed by atoms with Crippen LogP contribution in [0.25, 0.3) is 0 Å². The Morgan fingerprint density at radius 2 is 0.471 bits per heavy atom. The molecule has 0 fully saturated rings. The van der Waals surface area contributed by atoms with E-state index >= 15 is 0 Å². The molecule has 0 radical (unpaired) electrons. The Kier molecular flexibility index (Phi) is 6.50. The molecule has 0 aliphatic rings. The third-order valence-corrected chi connectivity index (χ3v) is 4.93. The molecule has 15 heteroatoms. The molecule has 0 spiro atoms. The van der Waals surface area contributed by atoms with Gasteiger partial charge in [-0.25, -0.2) is 61.5 Å². The van der Waals surface area contributed by atoms with Crippen molar-refractivity contribution in [3.63, 3.8) is 0 Å². The van der Waals surface area contributed by atoms with Crippen LogP contribution in [0.5, 0.6) is 0 Å². The fourth-order valence-corrected chi connectivity index (χ4v) is 3.22. The Bertz CT molecular complexity index is 1110. The third-order valence-electron chi connectivity index (χ3n) is 4.60. The summed E-state index contributed by atoms with van der Waals surface area (Å²) in [6.07, 6.45) is 0. The molecule has 3 aromatic carbocycles. The Morgan fingerprint density at radius 3 is 0.706 bits per heavy atom. The van der Waals surface area contributed by atoms with E-state index < -0.39 is 109 Å². The lowest BCUT2D eigenvalue weighted by molar-refractivity contribution is 0.353. The molecule has 0 aliphatic carbocycles. The number of benzene rings is 3. The first-order chi connectivity index (χ1) is 15.7. The fraction of sp³-hybridized carbons (Fsp3) is 0.0526. The predicted octanol–water partition coefficient (Wildman–Crippen LogP) is 7.47. The predicted molar refractivity (Wildman–Crippen MR) is 84.7 cm³/mol. The molecule has 0 aromatic heterocycles. The Labute approximate surface area is 183 Å². The van der Waals surface area contributed by atoms with E-state index in [0.717, 1.165) is 0 Å². The summed E-state index contributed by atoms with van der Waals surface area (Å²) >= 11 is 4.96. The molecule has 34 heavy (non-hydrogen) atoms. The van der Waals surface area contributed by atoms with E-state index in [9.17, 15) is 61.5 Å². The summed E-state index contributed by atoms with van der Waals surface area (Å²) < 4.78 is 196. The Morgan fingerprint density at radius 1 is 0.294 bits per heavy atom. The molecule has 0 nitrogen and oxygen atoms in total. The van der Waals surface area contributed by atoms with E-state index in [4.69, 9.17) is 11.6 Å². The van der Waals surface area contributed by atoms with Gasteiger partial charge in [-0.15, -0.1) is 0 Å². The molecule has 0 amide bonds. The second kappa shape index (κ2) is 8.64. The van der Waals surface area contributed by atoms with E-state index in [1.54, 1.807) is 0 Å². The van der Waals surface area contributed by atoms with Crippen molar-refractivity contribution in [2.75, 3.05) is 0 Å². The highest BCUT2D eigenvalue weighted by Gasteiger charge is 2.42. The minimum Gasteiger partial charge on any atom is -0.203 e. The fourth-order valence-electron chi connectivity index (χ4n) is 3.06. The van der Waals surface area contributed by atoms with Crippen LogP contribution in [0.15, 0.2) is 0 Å². The highest BCUT2D eigenvalue weighted by atomic mass is 35.5. The molecule has 182 valence electrons. The Balaban J connectivity index is 2.68. The lowest BCUT2D eigenvalue weighted by Crippen LogP contribution is -2.21. The van der Waals surface area contributed by atoms with Crippen molar-refractivity contribution in [2.24, 2.45) is 0 Å². The minimum atomic E-state index is -3.85. The van der Waals surface area contributed by atoms with Crippen molar-refractivity contribution in [2.45, 2.75) is 5.92 Å². The smallest absolute Gasteiger partial charge is 0.200 e. The van der Waals surface area contributed by atoms with Crippen LogP contribution in [0, 0.1) is 81.4 Å². The topological polar surface area (TPSA) is 0 Å². The summed E-state index contributed by atoms with van der Waals surface area (Å²) in [6.45, 7) is 0. The normalized spacial score (nSPS) is 11.6. The van der Waals surface area contributed by atoms with Crippen molar-refractivity contribution < 1.29 is 61.5 Å². The summed E-state index contributed by atoms with van der Waals surface area (Å²) in [7, 11) is 0. The number of halogens is 15. The molecule has 3 aromatic rings. The summed E-state index contributed by atoms with van der Waals surface area (Å²) in [5, 5.41) is -1.97. The zero-order valence-corrected chi connectivity index (χ0v) is 16.0. The van der Waals surface area contributed by atoms with Crippen LogP contribution in [0.1, 0.15) is 22.6 Å². The molecule has 0 aliphatic heterocycles. The minimum absolute atomic E-state index is 1.97. The highest BCUT2D eigenvalue weighted by Crippen LogP contribution is 2.44. The standard InChI is InChI=1S/C19HClF14/c20-5-12(27)6(21)2(7(22)13(5)28)1(3-8(23)14(29)18(33)15(30)9(3)24)4-10(25)16(31)19(34)17(32)11(4)26/h1H. The van der Waals surface area contributed by atoms with Crippen LogP contribution in [0.3, 0.4) is 0 Å². The van der Waals surface area contributed by atoms with Gasteiger partial charge in [-0.1, -0.05) is 11.6 Å². The summed E-state index contributed by atoms with van der Waals surface area (Å²) in [5.74, 6) is -44.3. The van der Waals surface area contributed by atoms with Crippen LogP contribution in [-0.4, -0.2) is 0 Å². The van der Waals surface area contributed by atoms with Gasteiger partial charge in [0.2, 0.25) is 11.6 Å². The SMILES string of the molecule is Fc1c(F)c(F)c(C(c2c(F)c(F)c(F)c(F)c2F)c2c(F)c(F)c(Cl)c(F)c2F)c(F)c1F. The molecule has 0 atom stereocenters. The van der Waals surface area contributed by atoms with Gasteiger partial charge in [-0.05, 0) is 0 Å². The van der Waals surface area contributed by atoms with E-state index in [-0.39, 0.29) is 0 Å². The van der Waals surface area contributed by atoms with Crippen molar-refractivity contribution in [3.8, 4) is 0 Å².